The zero-order valence-corrected chi connectivity index (χ0v) is 14.1. The summed E-state index contributed by atoms with van der Waals surface area (Å²) in [5.74, 6) is 1.15. The minimum atomic E-state index is 0.168. The summed E-state index contributed by atoms with van der Waals surface area (Å²) >= 11 is 12.3. The van der Waals surface area contributed by atoms with Crippen molar-refractivity contribution in [3.63, 3.8) is 0 Å². The van der Waals surface area contributed by atoms with Gasteiger partial charge >= 0.3 is 0 Å². The van der Waals surface area contributed by atoms with Gasteiger partial charge in [-0.1, -0.05) is 37.0 Å². The molecule has 1 aromatic carbocycles. The summed E-state index contributed by atoms with van der Waals surface area (Å²) in [6.45, 7) is 12.1. The molecule has 0 bridgehead atoms. The summed E-state index contributed by atoms with van der Waals surface area (Å²) < 4.78 is 0. The van der Waals surface area contributed by atoms with Crippen LogP contribution in [0.1, 0.15) is 40.2 Å². The fourth-order valence-electron chi connectivity index (χ4n) is 1.92. The van der Waals surface area contributed by atoms with Crippen LogP contribution < -0.4 is 5.32 Å². The lowest BCUT2D eigenvalue weighted by Gasteiger charge is -2.27. The average molecular weight is 302 g/mol. The smallest absolute Gasteiger partial charge is 0.0439 e. The van der Waals surface area contributed by atoms with Crippen molar-refractivity contribution >= 4 is 23.2 Å². The molecule has 0 heterocycles. The Kier molecular flexibility index (Phi) is 6.16. The van der Waals surface area contributed by atoms with Crippen LogP contribution in [0, 0.1) is 11.8 Å². The van der Waals surface area contributed by atoms with Crippen LogP contribution in [-0.2, 0) is 6.42 Å². The summed E-state index contributed by atoms with van der Waals surface area (Å²) in [6.07, 6.45) is 0.965. The molecule has 1 rings (SSSR count). The van der Waals surface area contributed by atoms with E-state index in [9.17, 15) is 0 Å². The first-order valence-electron chi connectivity index (χ1n) is 6.88. The lowest BCUT2D eigenvalue weighted by molar-refractivity contribution is 0.317. The molecule has 1 N–H and O–H groups in total. The Hall–Kier alpha value is -0.240. The van der Waals surface area contributed by atoms with E-state index in [2.05, 4.69) is 39.9 Å². The second-order valence-corrected chi connectivity index (χ2v) is 7.37. The molecule has 0 aliphatic heterocycles. The molecule has 3 heteroatoms. The van der Waals surface area contributed by atoms with Gasteiger partial charge < -0.3 is 5.32 Å². The molecule has 2 atom stereocenters. The van der Waals surface area contributed by atoms with Gasteiger partial charge in [0.05, 0.1) is 0 Å². The van der Waals surface area contributed by atoms with Crippen LogP contribution >= 0.6 is 23.2 Å². The molecule has 0 aliphatic rings. The number of hydrogen-bond acceptors (Lipinski definition) is 1. The summed E-state index contributed by atoms with van der Waals surface area (Å²) in [4.78, 5) is 0. The molecule has 0 saturated carbocycles. The van der Waals surface area contributed by atoms with Gasteiger partial charge in [-0.2, -0.15) is 0 Å². The molecule has 1 nitrogen and oxygen atoms in total. The molecule has 108 valence electrons. The SMILES string of the molecule is CC(CNC(C)(C)C)C(C)Cc1cc(Cl)ccc1Cl. The first-order chi connectivity index (χ1) is 8.69. The van der Waals surface area contributed by atoms with Crippen LogP contribution in [0.4, 0.5) is 0 Å². The van der Waals surface area contributed by atoms with Gasteiger partial charge in [0.15, 0.2) is 0 Å². The predicted molar refractivity (Wildman–Crippen MR) is 86.2 cm³/mol. The Morgan fingerprint density at radius 1 is 1.11 bits per heavy atom. The standard InChI is InChI=1S/C16H25Cl2N/c1-11(12(2)10-19-16(3,4)5)8-13-9-14(17)6-7-15(13)18/h6-7,9,11-12,19H,8,10H2,1-5H3. The Morgan fingerprint density at radius 2 is 1.74 bits per heavy atom. The summed E-state index contributed by atoms with van der Waals surface area (Å²) in [6, 6.07) is 5.69. The molecule has 0 aromatic heterocycles. The lowest BCUT2D eigenvalue weighted by Crippen LogP contribution is -2.40. The van der Waals surface area contributed by atoms with Crippen LogP contribution in [0.15, 0.2) is 18.2 Å². The van der Waals surface area contributed by atoms with Crippen LogP contribution in [0.5, 0.6) is 0 Å². The fraction of sp³-hybridized carbons (Fsp3) is 0.625. The highest BCUT2D eigenvalue weighted by molar-refractivity contribution is 6.33. The van der Waals surface area contributed by atoms with Crippen molar-refractivity contribution < 1.29 is 0 Å². The van der Waals surface area contributed by atoms with E-state index >= 15 is 0 Å². The van der Waals surface area contributed by atoms with Crippen molar-refractivity contribution in [2.75, 3.05) is 6.54 Å². The molecule has 0 saturated heterocycles. The number of benzene rings is 1. The molecule has 0 aliphatic carbocycles. The van der Waals surface area contributed by atoms with E-state index in [0.717, 1.165) is 28.6 Å². The fourth-order valence-corrected chi connectivity index (χ4v) is 2.31. The maximum Gasteiger partial charge on any atom is 0.0439 e. The number of hydrogen-bond donors (Lipinski definition) is 1. The number of halogens is 2. The van der Waals surface area contributed by atoms with Crippen LogP contribution in [0.25, 0.3) is 0 Å². The zero-order chi connectivity index (χ0) is 14.6. The number of nitrogens with one attached hydrogen (secondary N) is 1. The Morgan fingerprint density at radius 3 is 2.32 bits per heavy atom. The molecule has 0 fully saturated rings. The van der Waals surface area contributed by atoms with Crippen LogP contribution in [0.2, 0.25) is 10.0 Å². The van der Waals surface area contributed by atoms with Gasteiger partial charge in [-0.25, -0.2) is 0 Å². The molecular formula is C16H25Cl2N. The van der Waals surface area contributed by atoms with E-state index in [1.807, 2.05) is 18.2 Å². The van der Waals surface area contributed by atoms with Crippen LogP contribution in [-0.4, -0.2) is 12.1 Å². The van der Waals surface area contributed by atoms with E-state index in [1.165, 1.54) is 0 Å². The second-order valence-electron chi connectivity index (χ2n) is 6.53. The van der Waals surface area contributed by atoms with Crippen molar-refractivity contribution in [1.29, 1.82) is 0 Å². The maximum atomic E-state index is 6.22. The Bertz CT molecular complexity index is 410. The number of rotatable bonds is 5. The molecule has 0 amide bonds. The van der Waals surface area contributed by atoms with Crippen molar-refractivity contribution in [2.45, 2.75) is 46.6 Å². The molecule has 2 unspecified atom stereocenters. The summed E-state index contributed by atoms with van der Waals surface area (Å²) in [5.41, 5.74) is 1.31. The lowest BCUT2D eigenvalue weighted by atomic mass is 9.89. The van der Waals surface area contributed by atoms with Crippen LogP contribution in [0.3, 0.4) is 0 Å². The largest absolute Gasteiger partial charge is 0.312 e. The Balaban J connectivity index is 2.58. The van der Waals surface area contributed by atoms with Crippen molar-refractivity contribution in [1.82, 2.24) is 5.32 Å². The molecular weight excluding hydrogens is 277 g/mol. The Labute approximate surface area is 127 Å². The summed E-state index contributed by atoms with van der Waals surface area (Å²) in [5, 5.41) is 5.12. The highest BCUT2D eigenvalue weighted by Gasteiger charge is 2.17. The second kappa shape index (κ2) is 6.97. The summed E-state index contributed by atoms with van der Waals surface area (Å²) in [7, 11) is 0. The van der Waals surface area contributed by atoms with E-state index in [0.29, 0.717) is 11.8 Å². The highest BCUT2D eigenvalue weighted by Crippen LogP contribution is 2.25. The van der Waals surface area contributed by atoms with E-state index in [1.54, 1.807) is 0 Å². The third-order valence-corrected chi connectivity index (χ3v) is 4.08. The van der Waals surface area contributed by atoms with Gasteiger partial charge in [-0.05, 0) is 69.3 Å². The minimum Gasteiger partial charge on any atom is -0.312 e. The predicted octanol–water partition coefficient (Wildman–Crippen LogP) is 5.20. The van der Waals surface area contributed by atoms with Gasteiger partial charge in [0.25, 0.3) is 0 Å². The normalized spacial score (nSPS) is 15.3. The maximum absolute atomic E-state index is 6.22. The molecule has 0 radical (unpaired) electrons. The van der Waals surface area contributed by atoms with Crippen molar-refractivity contribution in [2.24, 2.45) is 11.8 Å². The van der Waals surface area contributed by atoms with Gasteiger partial charge in [-0.3, -0.25) is 0 Å². The van der Waals surface area contributed by atoms with Gasteiger partial charge in [0, 0.05) is 15.6 Å². The third-order valence-electron chi connectivity index (χ3n) is 3.48. The minimum absolute atomic E-state index is 0.168. The highest BCUT2D eigenvalue weighted by atomic mass is 35.5. The first kappa shape index (κ1) is 16.8. The third kappa shape index (κ3) is 6.16. The topological polar surface area (TPSA) is 12.0 Å². The molecule has 19 heavy (non-hydrogen) atoms. The average Bonchev–Trinajstić information content (AvgIpc) is 2.29. The van der Waals surface area contributed by atoms with Gasteiger partial charge in [0.1, 0.15) is 0 Å². The van der Waals surface area contributed by atoms with Crippen molar-refractivity contribution in [3.8, 4) is 0 Å². The van der Waals surface area contributed by atoms with E-state index < -0.39 is 0 Å². The van der Waals surface area contributed by atoms with Gasteiger partial charge in [-0.15, -0.1) is 0 Å². The van der Waals surface area contributed by atoms with Gasteiger partial charge in [0.2, 0.25) is 0 Å². The van der Waals surface area contributed by atoms with Crippen molar-refractivity contribution in [3.05, 3.63) is 33.8 Å². The van der Waals surface area contributed by atoms with E-state index in [-0.39, 0.29) is 5.54 Å². The quantitative estimate of drug-likeness (QED) is 0.788. The van der Waals surface area contributed by atoms with E-state index in [4.69, 9.17) is 23.2 Å². The molecule has 0 spiro atoms. The zero-order valence-electron chi connectivity index (χ0n) is 12.6. The molecule has 1 aromatic rings. The first-order valence-corrected chi connectivity index (χ1v) is 7.63. The monoisotopic (exact) mass is 301 g/mol.